The fourth-order valence-corrected chi connectivity index (χ4v) is 5.07. The van der Waals surface area contributed by atoms with Gasteiger partial charge in [-0.15, -0.1) is 0 Å². The molecule has 6 heteroatoms. The minimum atomic E-state index is -3.91. The van der Waals surface area contributed by atoms with Crippen LogP contribution in [0.5, 0.6) is 0 Å². The van der Waals surface area contributed by atoms with Crippen molar-refractivity contribution in [1.82, 2.24) is 5.32 Å². The molecule has 0 saturated heterocycles. The van der Waals surface area contributed by atoms with Crippen molar-refractivity contribution in [2.75, 3.05) is 10.8 Å². The summed E-state index contributed by atoms with van der Waals surface area (Å²) in [5.41, 5.74) is 3.23. The van der Waals surface area contributed by atoms with Gasteiger partial charge in [-0.25, -0.2) is 8.42 Å². The molecule has 0 aliphatic heterocycles. The number of anilines is 1. The van der Waals surface area contributed by atoms with E-state index in [1.54, 1.807) is 24.3 Å². The van der Waals surface area contributed by atoms with Crippen LogP contribution in [0.25, 0.3) is 0 Å². The molecule has 0 fully saturated rings. The van der Waals surface area contributed by atoms with E-state index in [1.807, 2.05) is 39.0 Å². The van der Waals surface area contributed by atoms with Gasteiger partial charge in [-0.2, -0.15) is 0 Å². The van der Waals surface area contributed by atoms with E-state index in [4.69, 9.17) is 0 Å². The Morgan fingerprint density at radius 3 is 1.97 bits per heavy atom. The largest absolute Gasteiger partial charge is 0.351 e. The number of carbonyl (C=O) groups is 1. The molecule has 0 aliphatic rings. The predicted octanol–water partition coefficient (Wildman–Crippen LogP) is 4.60. The van der Waals surface area contributed by atoms with Crippen LogP contribution in [0.2, 0.25) is 0 Å². The zero-order valence-corrected chi connectivity index (χ0v) is 19.9. The van der Waals surface area contributed by atoms with Crippen LogP contribution in [0.15, 0.2) is 47.4 Å². The number of benzene rings is 2. The molecule has 0 unspecified atom stereocenters. The third-order valence-electron chi connectivity index (χ3n) is 5.29. The summed E-state index contributed by atoms with van der Waals surface area (Å²) in [4.78, 5) is 13.1. The van der Waals surface area contributed by atoms with E-state index in [-0.39, 0.29) is 35.2 Å². The van der Waals surface area contributed by atoms with Crippen molar-refractivity contribution in [3.63, 3.8) is 0 Å². The molecule has 2 aromatic rings. The standard InChI is InChI=1S/C24H34N2O3S/c1-16(2)24(17(3)4)25-23(27)15-26(22-14-19(6)8-11-20(22)7)30(28,29)21-12-9-18(5)10-13-21/h8-14,16-17,24H,15H2,1-7H3,(H,25,27). The second kappa shape index (κ2) is 9.65. The van der Waals surface area contributed by atoms with E-state index >= 15 is 0 Å². The molecule has 0 bridgehead atoms. The van der Waals surface area contributed by atoms with Crippen molar-refractivity contribution < 1.29 is 13.2 Å². The van der Waals surface area contributed by atoms with Gasteiger partial charge in [0.05, 0.1) is 10.6 Å². The molecule has 0 atom stereocenters. The Kier molecular flexibility index (Phi) is 7.70. The topological polar surface area (TPSA) is 66.5 Å². The summed E-state index contributed by atoms with van der Waals surface area (Å²) in [6, 6.07) is 12.3. The molecule has 2 rings (SSSR count). The summed E-state index contributed by atoms with van der Waals surface area (Å²) < 4.78 is 28.3. The normalized spacial score (nSPS) is 11.9. The van der Waals surface area contributed by atoms with Gasteiger partial charge in [0.25, 0.3) is 10.0 Å². The van der Waals surface area contributed by atoms with Crippen molar-refractivity contribution in [1.29, 1.82) is 0 Å². The van der Waals surface area contributed by atoms with Crippen molar-refractivity contribution >= 4 is 21.6 Å². The fourth-order valence-electron chi connectivity index (χ4n) is 3.59. The van der Waals surface area contributed by atoms with Crippen LogP contribution >= 0.6 is 0 Å². The van der Waals surface area contributed by atoms with Crippen LogP contribution < -0.4 is 9.62 Å². The quantitative estimate of drug-likeness (QED) is 0.665. The van der Waals surface area contributed by atoms with Crippen molar-refractivity contribution in [2.24, 2.45) is 11.8 Å². The first-order valence-electron chi connectivity index (χ1n) is 10.4. The monoisotopic (exact) mass is 430 g/mol. The van der Waals surface area contributed by atoms with Crippen LogP contribution in [0.3, 0.4) is 0 Å². The summed E-state index contributed by atoms with van der Waals surface area (Å²) in [7, 11) is -3.91. The van der Waals surface area contributed by atoms with Gasteiger partial charge in [0.1, 0.15) is 6.54 Å². The first kappa shape index (κ1) is 23.9. The maximum absolute atomic E-state index is 13.5. The molecule has 2 aromatic carbocycles. The number of aryl methyl sites for hydroxylation is 3. The van der Waals surface area contributed by atoms with Gasteiger partial charge < -0.3 is 5.32 Å². The van der Waals surface area contributed by atoms with Crippen LogP contribution in [-0.2, 0) is 14.8 Å². The van der Waals surface area contributed by atoms with Gasteiger partial charge in [0.2, 0.25) is 5.91 Å². The third-order valence-corrected chi connectivity index (χ3v) is 7.07. The Morgan fingerprint density at radius 1 is 0.900 bits per heavy atom. The molecule has 0 spiro atoms. The van der Waals surface area contributed by atoms with Gasteiger partial charge in [0.15, 0.2) is 0 Å². The first-order chi connectivity index (χ1) is 13.9. The van der Waals surface area contributed by atoms with Crippen molar-refractivity contribution in [3.8, 4) is 0 Å². The Morgan fingerprint density at radius 2 is 1.43 bits per heavy atom. The second-order valence-electron chi connectivity index (χ2n) is 8.70. The lowest BCUT2D eigenvalue weighted by Gasteiger charge is -2.29. The zero-order chi connectivity index (χ0) is 22.6. The molecule has 164 valence electrons. The minimum absolute atomic E-state index is 0.0277. The Labute approximate surface area is 181 Å². The molecule has 0 aromatic heterocycles. The highest BCUT2D eigenvalue weighted by Crippen LogP contribution is 2.28. The van der Waals surface area contributed by atoms with E-state index < -0.39 is 10.0 Å². The summed E-state index contributed by atoms with van der Waals surface area (Å²) in [5.74, 6) is 0.188. The molecule has 0 saturated carbocycles. The smallest absolute Gasteiger partial charge is 0.264 e. The molecule has 30 heavy (non-hydrogen) atoms. The van der Waals surface area contributed by atoms with Gasteiger partial charge in [-0.3, -0.25) is 9.10 Å². The summed E-state index contributed by atoms with van der Waals surface area (Å²) >= 11 is 0. The Balaban J connectivity index is 2.48. The van der Waals surface area contributed by atoms with E-state index in [0.717, 1.165) is 16.7 Å². The number of amides is 1. The average Bonchev–Trinajstić information content (AvgIpc) is 2.66. The van der Waals surface area contributed by atoms with Crippen LogP contribution in [-0.4, -0.2) is 26.9 Å². The lowest BCUT2D eigenvalue weighted by atomic mass is 9.93. The number of hydrogen-bond donors (Lipinski definition) is 1. The minimum Gasteiger partial charge on any atom is -0.351 e. The highest BCUT2D eigenvalue weighted by molar-refractivity contribution is 7.92. The highest BCUT2D eigenvalue weighted by atomic mass is 32.2. The average molecular weight is 431 g/mol. The predicted molar refractivity (Wildman–Crippen MR) is 123 cm³/mol. The lowest BCUT2D eigenvalue weighted by Crippen LogP contribution is -2.48. The van der Waals surface area contributed by atoms with Crippen LogP contribution in [0.1, 0.15) is 44.4 Å². The summed E-state index contributed by atoms with van der Waals surface area (Å²) in [6.07, 6.45) is 0. The van der Waals surface area contributed by atoms with E-state index in [2.05, 4.69) is 33.0 Å². The first-order valence-corrected chi connectivity index (χ1v) is 11.8. The van der Waals surface area contributed by atoms with E-state index in [1.165, 1.54) is 4.31 Å². The molecular weight excluding hydrogens is 396 g/mol. The molecule has 0 heterocycles. The van der Waals surface area contributed by atoms with Crippen molar-refractivity contribution in [2.45, 2.75) is 59.4 Å². The zero-order valence-electron chi connectivity index (χ0n) is 19.1. The maximum atomic E-state index is 13.5. The number of carbonyl (C=O) groups excluding carboxylic acids is 1. The fraction of sp³-hybridized carbons (Fsp3) is 0.458. The Hall–Kier alpha value is -2.34. The number of sulfonamides is 1. The Bertz CT molecular complexity index is 972. The van der Waals surface area contributed by atoms with E-state index in [0.29, 0.717) is 5.69 Å². The number of rotatable bonds is 8. The third kappa shape index (κ3) is 5.63. The van der Waals surface area contributed by atoms with Gasteiger partial charge in [-0.05, 0) is 61.9 Å². The van der Waals surface area contributed by atoms with Gasteiger partial charge in [0, 0.05) is 6.04 Å². The maximum Gasteiger partial charge on any atom is 0.264 e. The summed E-state index contributed by atoms with van der Waals surface area (Å²) in [6.45, 7) is 13.6. The second-order valence-corrected chi connectivity index (χ2v) is 10.6. The molecule has 1 N–H and O–H groups in total. The van der Waals surface area contributed by atoms with Gasteiger partial charge >= 0.3 is 0 Å². The number of nitrogens with zero attached hydrogens (tertiary/aromatic N) is 1. The number of nitrogens with one attached hydrogen (secondary N) is 1. The summed E-state index contributed by atoms with van der Waals surface area (Å²) in [5, 5.41) is 3.04. The molecule has 0 radical (unpaired) electrons. The molecule has 0 aliphatic carbocycles. The van der Waals surface area contributed by atoms with Gasteiger partial charge in [-0.1, -0.05) is 57.5 Å². The van der Waals surface area contributed by atoms with Crippen LogP contribution in [0, 0.1) is 32.6 Å². The molecule has 1 amide bonds. The molecule has 5 nitrogen and oxygen atoms in total. The SMILES string of the molecule is Cc1ccc(S(=O)(=O)N(CC(=O)NC(C(C)C)C(C)C)c2cc(C)ccc2C)cc1. The number of hydrogen-bond acceptors (Lipinski definition) is 3. The van der Waals surface area contributed by atoms with Crippen LogP contribution in [0.4, 0.5) is 5.69 Å². The lowest BCUT2D eigenvalue weighted by molar-refractivity contribution is -0.121. The highest BCUT2D eigenvalue weighted by Gasteiger charge is 2.29. The molecular formula is C24H34N2O3S. The van der Waals surface area contributed by atoms with E-state index in [9.17, 15) is 13.2 Å². The van der Waals surface area contributed by atoms with Crippen molar-refractivity contribution in [3.05, 3.63) is 59.2 Å².